The monoisotopic (exact) mass is 362 g/mol. The van der Waals surface area contributed by atoms with Gasteiger partial charge >= 0.3 is 12.1 Å². The van der Waals surface area contributed by atoms with E-state index in [-0.39, 0.29) is 17.9 Å². The number of rotatable bonds is 6. The predicted octanol–water partition coefficient (Wildman–Crippen LogP) is 2.40. The van der Waals surface area contributed by atoms with Crippen molar-refractivity contribution in [2.24, 2.45) is 5.41 Å². The van der Waals surface area contributed by atoms with Crippen molar-refractivity contribution in [3.63, 3.8) is 0 Å². The van der Waals surface area contributed by atoms with E-state index in [0.29, 0.717) is 19.4 Å². The number of hydrogen-bond donors (Lipinski definition) is 2. The normalized spacial score (nSPS) is 18.5. The molecule has 2 amide bonds. The SMILES string of the molecule is CC(C)(C)C[C@H](C(=O)O)N1CC[C@@H](NC(=O)OCc2ccccc2)C1=O. The molecule has 7 nitrogen and oxygen atoms in total. The van der Waals surface area contributed by atoms with Crippen LogP contribution in [0.25, 0.3) is 0 Å². The number of carboxylic acids is 1. The fourth-order valence-electron chi connectivity index (χ4n) is 2.96. The van der Waals surface area contributed by atoms with Gasteiger partial charge in [-0.2, -0.15) is 0 Å². The highest BCUT2D eigenvalue weighted by Crippen LogP contribution is 2.26. The number of nitrogens with zero attached hydrogens (tertiary/aromatic N) is 1. The summed E-state index contributed by atoms with van der Waals surface area (Å²) in [5.74, 6) is -1.40. The topological polar surface area (TPSA) is 95.9 Å². The fourth-order valence-corrected chi connectivity index (χ4v) is 2.96. The number of carbonyl (C=O) groups is 3. The van der Waals surface area contributed by atoms with Crippen LogP contribution < -0.4 is 5.32 Å². The van der Waals surface area contributed by atoms with Crippen molar-refractivity contribution >= 4 is 18.0 Å². The Hall–Kier alpha value is -2.57. The minimum absolute atomic E-state index is 0.110. The summed E-state index contributed by atoms with van der Waals surface area (Å²) in [6, 6.07) is 7.58. The Labute approximate surface area is 153 Å². The standard InChI is InChI=1S/C19H26N2O5/c1-19(2,3)11-15(17(23)24)21-10-9-14(16(21)22)20-18(25)26-12-13-7-5-4-6-8-13/h4-8,14-15H,9-12H2,1-3H3,(H,20,25)(H,23,24)/t14-,15-/m1/s1. The first-order valence-corrected chi connectivity index (χ1v) is 8.68. The molecule has 7 heteroatoms. The van der Waals surface area contributed by atoms with Gasteiger partial charge in [0.2, 0.25) is 5.91 Å². The summed E-state index contributed by atoms with van der Waals surface area (Å²) in [4.78, 5) is 37.4. The van der Waals surface area contributed by atoms with Gasteiger partial charge < -0.3 is 20.1 Å². The van der Waals surface area contributed by atoms with Crippen LogP contribution in [0.4, 0.5) is 4.79 Å². The van der Waals surface area contributed by atoms with Gasteiger partial charge in [0.1, 0.15) is 18.7 Å². The molecule has 0 radical (unpaired) electrons. The number of likely N-dealkylation sites (tertiary alicyclic amines) is 1. The smallest absolute Gasteiger partial charge is 0.408 e. The Morgan fingerprint density at radius 3 is 2.54 bits per heavy atom. The summed E-state index contributed by atoms with van der Waals surface area (Å²) in [5, 5.41) is 12.0. The largest absolute Gasteiger partial charge is 0.480 e. The molecule has 0 aliphatic carbocycles. The highest BCUT2D eigenvalue weighted by molar-refractivity contribution is 5.91. The average Bonchev–Trinajstić information content (AvgIpc) is 2.91. The van der Waals surface area contributed by atoms with Crippen molar-refractivity contribution < 1.29 is 24.2 Å². The van der Waals surface area contributed by atoms with Crippen LogP contribution >= 0.6 is 0 Å². The third-order valence-electron chi connectivity index (χ3n) is 4.21. The third-order valence-corrected chi connectivity index (χ3v) is 4.21. The van der Waals surface area contributed by atoms with Crippen molar-refractivity contribution in [3.8, 4) is 0 Å². The van der Waals surface area contributed by atoms with Gasteiger partial charge in [-0.25, -0.2) is 9.59 Å². The molecule has 1 saturated heterocycles. The van der Waals surface area contributed by atoms with Gasteiger partial charge in [-0.3, -0.25) is 4.79 Å². The maximum atomic E-state index is 12.5. The first-order chi connectivity index (χ1) is 12.2. The van der Waals surface area contributed by atoms with Gasteiger partial charge in [0.15, 0.2) is 0 Å². The number of hydrogen-bond acceptors (Lipinski definition) is 4. The van der Waals surface area contributed by atoms with E-state index >= 15 is 0 Å². The van der Waals surface area contributed by atoms with Crippen molar-refractivity contribution in [2.45, 2.75) is 52.3 Å². The number of carbonyl (C=O) groups excluding carboxylic acids is 2. The summed E-state index contributed by atoms with van der Waals surface area (Å²) in [6.07, 6.45) is 0.0312. The Balaban J connectivity index is 1.91. The van der Waals surface area contributed by atoms with Crippen LogP contribution in [0.3, 0.4) is 0 Å². The zero-order chi connectivity index (χ0) is 19.3. The minimum atomic E-state index is -1.03. The first-order valence-electron chi connectivity index (χ1n) is 8.68. The number of aliphatic carboxylic acids is 1. The van der Waals surface area contributed by atoms with Crippen LogP contribution in [0.1, 0.15) is 39.2 Å². The Morgan fingerprint density at radius 2 is 1.96 bits per heavy atom. The molecule has 0 unspecified atom stereocenters. The number of benzene rings is 1. The number of amides is 2. The quantitative estimate of drug-likeness (QED) is 0.810. The second kappa shape index (κ2) is 8.21. The lowest BCUT2D eigenvalue weighted by molar-refractivity contribution is -0.150. The van der Waals surface area contributed by atoms with Crippen LogP contribution in [0, 0.1) is 5.41 Å². The summed E-state index contributed by atoms with van der Waals surface area (Å²) < 4.78 is 5.12. The molecule has 1 heterocycles. The summed E-state index contributed by atoms with van der Waals surface area (Å²) >= 11 is 0. The van der Waals surface area contributed by atoms with E-state index in [9.17, 15) is 19.5 Å². The molecule has 1 aromatic rings. The van der Waals surface area contributed by atoms with Gasteiger partial charge in [-0.15, -0.1) is 0 Å². The maximum absolute atomic E-state index is 12.5. The van der Waals surface area contributed by atoms with Gasteiger partial charge in [-0.1, -0.05) is 51.1 Å². The number of ether oxygens (including phenoxy) is 1. The number of carboxylic acid groups (broad SMARTS) is 1. The lowest BCUT2D eigenvalue weighted by Gasteiger charge is -2.30. The second-order valence-corrected chi connectivity index (χ2v) is 7.70. The summed E-state index contributed by atoms with van der Waals surface area (Å²) in [6.45, 7) is 6.20. The Kier molecular flexibility index (Phi) is 6.23. The van der Waals surface area contributed by atoms with Crippen molar-refractivity contribution in [1.82, 2.24) is 10.2 Å². The van der Waals surface area contributed by atoms with E-state index in [1.165, 1.54) is 4.90 Å². The van der Waals surface area contributed by atoms with Crippen LogP contribution in [0.2, 0.25) is 0 Å². The van der Waals surface area contributed by atoms with Crippen LogP contribution in [-0.2, 0) is 20.9 Å². The molecule has 1 aliphatic heterocycles. The molecule has 2 rings (SSSR count). The van der Waals surface area contributed by atoms with Crippen LogP contribution in [0.15, 0.2) is 30.3 Å². The number of nitrogens with one attached hydrogen (secondary N) is 1. The molecule has 142 valence electrons. The maximum Gasteiger partial charge on any atom is 0.408 e. The fraction of sp³-hybridized carbons (Fsp3) is 0.526. The van der Waals surface area contributed by atoms with Gasteiger partial charge in [0.05, 0.1) is 0 Å². The first kappa shape index (κ1) is 19.8. The Bertz CT molecular complexity index is 654. The molecular weight excluding hydrogens is 336 g/mol. The molecular formula is C19H26N2O5. The van der Waals surface area contributed by atoms with Crippen LogP contribution in [-0.4, -0.2) is 46.6 Å². The highest BCUT2D eigenvalue weighted by Gasteiger charge is 2.41. The summed E-state index contributed by atoms with van der Waals surface area (Å²) in [7, 11) is 0. The average molecular weight is 362 g/mol. The van der Waals surface area contributed by atoms with Crippen molar-refractivity contribution in [3.05, 3.63) is 35.9 Å². The highest BCUT2D eigenvalue weighted by atomic mass is 16.5. The van der Waals surface area contributed by atoms with E-state index < -0.39 is 24.1 Å². The molecule has 1 fully saturated rings. The zero-order valence-corrected chi connectivity index (χ0v) is 15.4. The molecule has 0 saturated carbocycles. The van der Waals surface area contributed by atoms with Crippen molar-refractivity contribution in [2.75, 3.05) is 6.54 Å². The van der Waals surface area contributed by atoms with Gasteiger partial charge in [-0.05, 0) is 23.8 Å². The predicted molar refractivity (Wildman–Crippen MR) is 95.4 cm³/mol. The minimum Gasteiger partial charge on any atom is -0.480 e. The molecule has 0 aromatic heterocycles. The zero-order valence-electron chi connectivity index (χ0n) is 15.4. The van der Waals surface area contributed by atoms with Gasteiger partial charge in [0.25, 0.3) is 0 Å². The van der Waals surface area contributed by atoms with E-state index in [4.69, 9.17) is 4.74 Å². The Morgan fingerprint density at radius 1 is 1.31 bits per heavy atom. The van der Waals surface area contributed by atoms with E-state index in [1.54, 1.807) is 0 Å². The molecule has 0 bridgehead atoms. The molecule has 2 N–H and O–H groups in total. The number of alkyl carbamates (subject to hydrolysis) is 1. The van der Waals surface area contributed by atoms with Crippen LogP contribution in [0.5, 0.6) is 0 Å². The molecule has 0 spiro atoms. The molecule has 2 atom stereocenters. The van der Waals surface area contributed by atoms with E-state index in [2.05, 4.69) is 5.32 Å². The second-order valence-electron chi connectivity index (χ2n) is 7.70. The molecule has 1 aliphatic rings. The lowest BCUT2D eigenvalue weighted by atomic mass is 9.87. The molecule has 26 heavy (non-hydrogen) atoms. The van der Waals surface area contributed by atoms with Crippen molar-refractivity contribution in [1.29, 1.82) is 0 Å². The third kappa shape index (κ3) is 5.47. The lowest BCUT2D eigenvalue weighted by Crippen LogP contribution is -2.48. The summed E-state index contributed by atoms with van der Waals surface area (Å²) in [5.41, 5.74) is 0.613. The van der Waals surface area contributed by atoms with Gasteiger partial charge in [0, 0.05) is 6.54 Å². The van der Waals surface area contributed by atoms with E-state index in [0.717, 1.165) is 5.56 Å². The molecule has 1 aromatic carbocycles. The van der Waals surface area contributed by atoms with E-state index in [1.807, 2.05) is 51.1 Å².